The average Bonchev–Trinajstić information content (AvgIpc) is 2.15. The van der Waals surface area contributed by atoms with E-state index in [4.69, 9.17) is 0 Å². The van der Waals surface area contributed by atoms with Crippen LogP contribution < -0.4 is 5.32 Å². The Morgan fingerprint density at radius 3 is 2.25 bits per heavy atom. The van der Waals surface area contributed by atoms with Gasteiger partial charge in [-0.15, -0.1) is 0 Å². The predicted molar refractivity (Wildman–Crippen MR) is 71.7 cm³/mol. The normalized spacial score (nSPS) is 11.1. The van der Waals surface area contributed by atoms with Gasteiger partial charge in [-0.2, -0.15) is 0 Å². The zero-order valence-electron chi connectivity index (χ0n) is 11.1. The Morgan fingerprint density at radius 1 is 1.06 bits per heavy atom. The fraction of sp³-hybridized carbons (Fsp3) is 0.600. The quantitative estimate of drug-likeness (QED) is 0.717. The minimum atomic E-state index is 0.822. The first-order valence-corrected chi connectivity index (χ1v) is 6.36. The Bertz CT molecular complexity index is 295. The molecular formula is C15H25N. The molecule has 1 heteroatoms. The summed E-state index contributed by atoms with van der Waals surface area (Å²) in [7, 11) is 0. The summed E-state index contributed by atoms with van der Waals surface area (Å²) in [6, 6.07) is 6.76. The van der Waals surface area contributed by atoms with Crippen molar-refractivity contribution >= 4 is 0 Å². The number of nitrogens with one attached hydrogen (secondary N) is 1. The number of rotatable bonds is 6. The number of hydrogen-bond donors (Lipinski definition) is 1. The molecule has 1 rings (SSSR count). The maximum Gasteiger partial charge on any atom is 0.0205 e. The Kier molecular flexibility index (Phi) is 5.54. The highest BCUT2D eigenvalue weighted by molar-refractivity contribution is 5.28. The molecule has 0 heterocycles. The summed E-state index contributed by atoms with van der Waals surface area (Å²) in [5.74, 6) is 0.822. The van der Waals surface area contributed by atoms with E-state index >= 15 is 0 Å². The van der Waals surface area contributed by atoms with Gasteiger partial charge in [-0.3, -0.25) is 0 Å². The Labute approximate surface area is 100 Å². The summed E-state index contributed by atoms with van der Waals surface area (Å²) in [5.41, 5.74) is 4.13. The lowest BCUT2D eigenvalue weighted by atomic mass is 10.1. The molecular weight excluding hydrogens is 194 g/mol. The third kappa shape index (κ3) is 5.32. The van der Waals surface area contributed by atoms with Gasteiger partial charge in [0.1, 0.15) is 0 Å². The van der Waals surface area contributed by atoms with Crippen molar-refractivity contribution < 1.29 is 0 Å². The summed E-state index contributed by atoms with van der Waals surface area (Å²) in [6.45, 7) is 11.0. The van der Waals surface area contributed by atoms with Gasteiger partial charge in [-0.05, 0) is 44.7 Å². The predicted octanol–water partition coefficient (Wildman–Crippen LogP) is 3.83. The molecule has 0 atom stereocenters. The van der Waals surface area contributed by atoms with Crippen LogP contribution in [0.25, 0.3) is 0 Å². The Morgan fingerprint density at radius 2 is 1.69 bits per heavy atom. The Balaban J connectivity index is 2.26. The summed E-state index contributed by atoms with van der Waals surface area (Å²) in [5, 5.41) is 3.51. The molecule has 1 nitrogen and oxygen atoms in total. The lowest BCUT2D eigenvalue weighted by molar-refractivity contribution is 0.527. The molecule has 0 unspecified atom stereocenters. The van der Waals surface area contributed by atoms with Crippen LogP contribution in [0.3, 0.4) is 0 Å². The van der Waals surface area contributed by atoms with Crippen molar-refractivity contribution in [2.75, 3.05) is 6.54 Å². The fourth-order valence-electron chi connectivity index (χ4n) is 2.04. The van der Waals surface area contributed by atoms with Crippen LogP contribution in [0.2, 0.25) is 0 Å². The second kappa shape index (κ2) is 6.70. The van der Waals surface area contributed by atoms with E-state index in [1.165, 1.54) is 29.5 Å². The highest BCUT2D eigenvalue weighted by Crippen LogP contribution is 2.08. The van der Waals surface area contributed by atoms with Crippen molar-refractivity contribution in [1.29, 1.82) is 0 Å². The molecule has 0 spiro atoms. The fourth-order valence-corrected chi connectivity index (χ4v) is 2.04. The van der Waals surface area contributed by atoms with Gasteiger partial charge < -0.3 is 5.32 Å². The first-order valence-electron chi connectivity index (χ1n) is 6.36. The standard InChI is InChI=1S/C15H25N/c1-12(2)6-5-7-16-11-15-9-13(3)8-14(4)10-15/h8-10,12,16H,5-7,11H2,1-4H3. The van der Waals surface area contributed by atoms with E-state index in [0.717, 1.165) is 19.0 Å². The first-order chi connectivity index (χ1) is 7.58. The molecule has 1 aromatic rings. The van der Waals surface area contributed by atoms with Crippen LogP contribution in [0.1, 0.15) is 43.4 Å². The van der Waals surface area contributed by atoms with Crippen molar-refractivity contribution in [3.8, 4) is 0 Å². The minimum absolute atomic E-state index is 0.822. The van der Waals surface area contributed by atoms with E-state index < -0.39 is 0 Å². The van der Waals surface area contributed by atoms with E-state index in [1.54, 1.807) is 0 Å². The van der Waals surface area contributed by atoms with Gasteiger partial charge in [0.2, 0.25) is 0 Å². The van der Waals surface area contributed by atoms with Gasteiger partial charge in [0, 0.05) is 6.54 Å². The third-order valence-electron chi connectivity index (χ3n) is 2.75. The van der Waals surface area contributed by atoms with E-state index in [0.29, 0.717) is 0 Å². The number of hydrogen-bond acceptors (Lipinski definition) is 1. The highest BCUT2D eigenvalue weighted by atomic mass is 14.8. The highest BCUT2D eigenvalue weighted by Gasteiger charge is 1.97. The second-order valence-electron chi connectivity index (χ2n) is 5.21. The molecule has 0 bridgehead atoms. The molecule has 0 radical (unpaired) electrons. The SMILES string of the molecule is Cc1cc(C)cc(CNCCCC(C)C)c1. The van der Waals surface area contributed by atoms with E-state index in [1.807, 2.05) is 0 Å². The van der Waals surface area contributed by atoms with Crippen LogP contribution in [0.5, 0.6) is 0 Å². The molecule has 0 amide bonds. The molecule has 0 aliphatic rings. The number of benzene rings is 1. The maximum absolute atomic E-state index is 3.51. The van der Waals surface area contributed by atoms with E-state index in [-0.39, 0.29) is 0 Å². The van der Waals surface area contributed by atoms with Crippen molar-refractivity contribution in [1.82, 2.24) is 5.32 Å². The molecule has 0 fully saturated rings. The molecule has 90 valence electrons. The van der Waals surface area contributed by atoms with Crippen molar-refractivity contribution in [3.05, 3.63) is 34.9 Å². The van der Waals surface area contributed by atoms with Crippen LogP contribution in [-0.4, -0.2) is 6.54 Å². The zero-order chi connectivity index (χ0) is 12.0. The molecule has 0 aliphatic carbocycles. The monoisotopic (exact) mass is 219 g/mol. The minimum Gasteiger partial charge on any atom is -0.313 e. The molecule has 1 aromatic carbocycles. The molecule has 1 N–H and O–H groups in total. The average molecular weight is 219 g/mol. The Hall–Kier alpha value is -0.820. The molecule has 0 aromatic heterocycles. The second-order valence-corrected chi connectivity index (χ2v) is 5.21. The lowest BCUT2D eigenvalue weighted by Gasteiger charge is -2.08. The van der Waals surface area contributed by atoms with Gasteiger partial charge in [0.05, 0.1) is 0 Å². The van der Waals surface area contributed by atoms with Gasteiger partial charge in [-0.25, -0.2) is 0 Å². The van der Waals surface area contributed by atoms with Crippen molar-refractivity contribution in [2.45, 2.75) is 47.1 Å². The third-order valence-corrected chi connectivity index (χ3v) is 2.75. The lowest BCUT2D eigenvalue weighted by Crippen LogP contribution is -2.15. The van der Waals surface area contributed by atoms with Gasteiger partial charge >= 0.3 is 0 Å². The van der Waals surface area contributed by atoms with Gasteiger partial charge in [0.15, 0.2) is 0 Å². The van der Waals surface area contributed by atoms with Gasteiger partial charge in [0.25, 0.3) is 0 Å². The van der Waals surface area contributed by atoms with Crippen LogP contribution in [0, 0.1) is 19.8 Å². The molecule has 0 saturated carbocycles. The smallest absolute Gasteiger partial charge is 0.0205 e. The van der Waals surface area contributed by atoms with Crippen molar-refractivity contribution in [3.63, 3.8) is 0 Å². The maximum atomic E-state index is 3.51. The van der Waals surface area contributed by atoms with Crippen molar-refractivity contribution in [2.24, 2.45) is 5.92 Å². The summed E-state index contributed by atoms with van der Waals surface area (Å²) in [4.78, 5) is 0. The summed E-state index contributed by atoms with van der Waals surface area (Å²) < 4.78 is 0. The largest absolute Gasteiger partial charge is 0.313 e. The summed E-state index contributed by atoms with van der Waals surface area (Å²) >= 11 is 0. The molecule has 0 saturated heterocycles. The topological polar surface area (TPSA) is 12.0 Å². The van der Waals surface area contributed by atoms with Crippen LogP contribution in [0.4, 0.5) is 0 Å². The van der Waals surface area contributed by atoms with Crippen LogP contribution in [0.15, 0.2) is 18.2 Å². The van der Waals surface area contributed by atoms with Gasteiger partial charge in [-0.1, -0.05) is 43.2 Å². The van der Waals surface area contributed by atoms with E-state index in [9.17, 15) is 0 Å². The van der Waals surface area contributed by atoms with E-state index in [2.05, 4.69) is 51.2 Å². The molecule has 0 aliphatic heterocycles. The van der Waals surface area contributed by atoms with Crippen LogP contribution >= 0.6 is 0 Å². The zero-order valence-corrected chi connectivity index (χ0v) is 11.1. The van der Waals surface area contributed by atoms with Crippen LogP contribution in [-0.2, 0) is 6.54 Å². The number of aryl methyl sites for hydroxylation is 2. The summed E-state index contributed by atoms with van der Waals surface area (Å²) in [6.07, 6.45) is 2.60. The first kappa shape index (κ1) is 13.2. The molecule has 16 heavy (non-hydrogen) atoms.